The lowest BCUT2D eigenvalue weighted by molar-refractivity contribution is 0.106. The van der Waals surface area contributed by atoms with Crippen molar-refractivity contribution >= 4 is 0 Å². The molecule has 1 N–H and O–H groups in total. The molecule has 19 heavy (non-hydrogen) atoms. The number of hydrogen-bond donors (Lipinski definition) is 1. The van der Waals surface area contributed by atoms with E-state index < -0.39 is 0 Å². The molecule has 106 valence electrons. The smallest absolute Gasteiger partial charge is 0.123 e. The maximum atomic E-state index is 13.1. The van der Waals surface area contributed by atoms with Crippen molar-refractivity contribution in [2.45, 2.75) is 19.0 Å². The Morgan fingerprint density at radius 2 is 1.74 bits per heavy atom. The Hall–Kier alpha value is -0.970. The molecule has 2 unspecified atom stereocenters. The molecule has 1 heterocycles. The second-order valence-corrected chi connectivity index (χ2v) is 5.49. The van der Waals surface area contributed by atoms with Gasteiger partial charge in [-0.05, 0) is 38.7 Å². The molecule has 1 aliphatic heterocycles. The minimum absolute atomic E-state index is 0.170. The van der Waals surface area contributed by atoms with Crippen molar-refractivity contribution in [3.63, 3.8) is 0 Å². The predicted octanol–water partition coefficient (Wildman–Crippen LogP) is 1.72. The molecule has 1 aromatic rings. The standard InChI is InChI=1S/C15H24FN3/c1-12(19-10-8-17-9-11-19)15(18(2)3)13-4-6-14(16)7-5-13/h4-7,12,15,17H,8-11H2,1-3H3. The van der Waals surface area contributed by atoms with Crippen LogP contribution >= 0.6 is 0 Å². The maximum absolute atomic E-state index is 13.1. The van der Waals surface area contributed by atoms with Crippen molar-refractivity contribution in [2.24, 2.45) is 0 Å². The molecule has 1 aromatic carbocycles. The molecule has 1 aliphatic rings. The lowest BCUT2D eigenvalue weighted by atomic mass is 9.97. The van der Waals surface area contributed by atoms with Crippen LogP contribution in [0.15, 0.2) is 24.3 Å². The number of likely N-dealkylation sites (N-methyl/N-ethyl adjacent to an activating group) is 1. The molecular formula is C15H24FN3. The van der Waals surface area contributed by atoms with E-state index in [0.717, 1.165) is 26.2 Å². The Labute approximate surface area is 115 Å². The lowest BCUT2D eigenvalue weighted by Crippen LogP contribution is -2.51. The molecule has 0 saturated carbocycles. The van der Waals surface area contributed by atoms with Crippen LogP contribution in [-0.2, 0) is 0 Å². The van der Waals surface area contributed by atoms with E-state index in [9.17, 15) is 4.39 Å². The van der Waals surface area contributed by atoms with Crippen LogP contribution in [0.5, 0.6) is 0 Å². The van der Waals surface area contributed by atoms with Gasteiger partial charge in [0.2, 0.25) is 0 Å². The Kier molecular flexibility index (Phi) is 4.91. The first kappa shape index (κ1) is 14.4. The number of halogens is 1. The van der Waals surface area contributed by atoms with Crippen LogP contribution in [0.25, 0.3) is 0 Å². The van der Waals surface area contributed by atoms with Crippen LogP contribution in [-0.4, -0.2) is 56.1 Å². The minimum atomic E-state index is -0.170. The molecule has 0 radical (unpaired) electrons. The number of hydrogen-bond acceptors (Lipinski definition) is 3. The fourth-order valence-corrected chi connectivity index (χ4v) is 2.96. The van der Waals surface area contributed by atoms with Gasteiger partial charge in [0.1, 0.15) is 5.82 Å². The zero-order valence-corrected chi connectivity index (χ0v) is 12.1. The summed E-state index contributed by atoms with van der Waals surface area (Å²) in [4.78, 5) is 4.73. The topological polar surface area (TPSA) is 18.5 Å². The number of nitrogens with zero attached hydrogens (tertiary/aromatic N) is 2. The van der Waals surface area contributed by atoms with Gasteiger partial charge in [-0.3, -0.25) is 4.90 Å². The van der Waals surface area contributed by atoms with E-state index in [0.29, 0.717) is 12.1 Å². The first-order valence-electron chi connectivity index (χ1n) is 6.96. The Bertz CT molecular complexity index is 385. The van der Waals surface area contributed by atoms with E-state index in [1.807, 2.05) is 12.1 Å². The van der Waals surface area contributed by atoms with Gasteiger partial charge in [0.15, 0.2) is 0 Å². The summed E-state index contributed by atoms with van der Waals surface area (Å²) in [5.74, 6) is -0.170. The first-order valence-corrected chi connectivity index (χ1v) is 6.96. The molecule has 0 aliphatic carbocycles. The van der Waals surface area contributed by atoms with Crippen LogP contribution in [0.3, 0.4) is 0 Å². The third kappa shape index (κ3) is 3.53. The summed E-state index contributed by atoms with van der Waals surface area (Å²) in [6.45, 7) is 6.51. The normalized spacial score (nSPS) is 20.5. The number of benzene rings is 1. The third-order valence-electron chi connectivity index (χ3n) is 3.95. The fourth-order valence-electron chi connectivity index (χ4n) is 2.96. The van der Waals surface area contributed by atoms with Gasteiger partial charge in [0.25, 0.3) is 0 Å². The molecule has 0 spiro atoms. The van der Waals surface area contributed by atoms with Gasteiger partial charge in [0, 0.05) is 38.3 Å². The van der Waals surface area contributed by atoms with Crippen LogP contribution in [0.4, 0.5) is 4.39 Å². The number of piperazine rings is 1. The predicted molar refractivity (Wildman–Crippen MR) is 76.7 cm³/mol. The highest BCUT2D eigenvalue weighted by Gasteiger charge is 2.27. The zero-order chi connectivity index (χ0) is 13.8. The molecule has 2 atom stereocenters. The van der Waals surface area contributed by atoms with Crippen molar-refractivity contribution in [2.75, 3.05) is 40.3 Å². The Morgan fingerprint density at radius 3 is 2.26 bits per heavy atom. The molecule has 1 saturated heterocycles. The summed E-state index contributed by atoms with van der Waals surface area (Å²) < 4.78 is 13.1. The summed E-state index contributed by atoms with van der Waals surface area (Å²) >= 11 is 0. The average molecular weight is 265 g/mol. The second kappa shape index (κ2) is 6.46. The summed E-state index contributed by atoms with van der Waals surface area (Å²) in [6, 6.07) is 7.62. The first-order chi connectivity index (χ1) is 9.09. The van der Waals surface area contributed by atoms with Gasteiger partial charge in [-0.1, -0.05) is 12.1 Å². The summed E-state index contributed by atoms with van der Waals surface area (Å²) in [7, 11) is 4.18. The van der Waals surface area contributed by atoms with Crippen LogP contribution in [0.2, 0.25) is 0 Å². The molecular weight excluding hydrogens is 241 g/mol. The fraction of sp³-hybridized carbons (Fsp3) is 0.600. The van der Waals surface area contributed by atoms with E-state index in [4.69, 9.17) is 0 Å². The molecule has 2 rings (SSSR count). The molecule has 4 heteroatoms. The van der Waals surface area contributed by atoms with Crippen LogP contribution in [0, 0.1) is 5.82 Å². The van der Waals surface area contributed by atoms with Gasteiger partial charge in [0.05, 0.1) is 0 Å². The molecule has 3 nitrogen and oxygen atoms in total. The average Bonchev–Trinajstić information content (AvgIpc) is 2.42. The Morgan fingerprint density at radius 1 is 1.16 bits per heavy atom. The number of nitrogens with one attached hydrogen (secondary N) is 1. The van der Waals surface area contributed by atoms with E-state index in [1.54, 1.807) is 12.1 Å². The molecule has 0 aromatic heterocycles. The zero-order valence-electron chi connectivity index (χ0n) is 12.1. The van der Waals surface area contributed by atoms with E-state index in [-0.39, 0.29) is 5.82 Å². The van der Waals surface area contributed by atoms with Gasteiger partial charge < -0.3 is 10.2 Å². The van der Waals surface area contributed by atoms with Crippen molar-refractivity contribution in [3.05, 3.63) is 35.6 Å². The van der Waals surface area contributed by atoms with Gasteiger partial charge in [-0.15, -0.1) is 0 Å². The quantitative estimate of drug-likeness (QED) is 0.894. The number of rotatable bonds is 4. The van der Waals surface area contributed by atoms with Crippen molar-refractivity contribution in [1.82, 2.24) is 15.1 Å². The summed E-state index contributed by atoms with van der Waals surface area (Å²) in [5.41, 5.74) is 1.18. The minimum Gasteiger partial charge on any atom is -0.314 e. The van der Waals surface area contributed by atoms with Gasteiger partial charge >= 0.3 is 0 Å². The van der Waals surface area contributed by atoms with E-state index in [1.165, 1.54) is 5.56 Å². The van der Waals surface area contributed by atoms with Gasteiger partial charge in [-0.2, -0.15) is 0 Å². The van der Waals surface area contributed by atoms with Crippen molar-refractivity contribution < 1.29 is 4.39 Å². The largest absolute Gasteiger partial charge is 0.314 e. The molecule has 0 amide bonds. The second-order valence-electron chi connectivity index (χ2n) is 5.49. The summed E-state index contributed by atoms with van der Waals surface area (Å²) in [5, 5.41) is 3.38. The molecule has 1 fully saturated rings. The molecule has 0 bridgehead atoms. The van der Waals surface area contributed by atoms with Crippen molar-refractivity contribution in [3.8, 4) is 0 Å². The Balaban J connectivity index is 2.16. The SMILES string of the molecule is CC(C(c1ccc(F)cc1)N(C)C)N1CCNCC1. The van der Waals surface area contributed by atoms with E-state index in [2.05, 4.69) is 36.1 Å². The highest BCUT2D eigenvalue weighted by Crippen LogP contribution is 2.26. The lowest BCUT2D eigenvalue weighted by Gasteiger charge is -2.40. The maximum Gasteiger partial charge on any atom is 0.123 e. The monoisotopic (exact) mass is 265 g/mol. The summed E-state index contributed by atoms with van der Waals surface area (Å²) in [6.07, 6.45) is 0. The van der Waals surface area contributed by atoms with E-state index >= 15 is 0 Å². The highest BCUT2D eigenvalue weighted by molar-refractivity contribution is 5.21. The highest BCUT2D eigenvalue weighted by atomic mass is 19.1. The van der Waals surface area contributed by atoms with Crippen LogP contribution < -0.4 is 5.32 Å². The van der Waals surface area contributed by atoms with Crippen LogP contribution in [0.1, 0.15) is 18.5 Å². The van der Waals surface area contributed by atoms with Gasteiger partial charge in [-0.25, -0.2) is 4.39 Å². The third-order valence-corrected chi connectivity index (χ3v) is 3.95. The van der Waals surface area contributed by atoms with Crippen molar-refractivity contribution in [1.29, 1.82) is 0 Å².